The van der Waals surface area contributed by atoms with Crippen molar-refractivity contribution in [3.8, 4) is 5.75 Å². The Kier molecular flexibility index (Phi) is 5.78. The third-order valence-electron chi connectivity index (χ3n) is 3.18. The number of rotatable bonds is 7. The largest absolute Gasteiger partial charge is 0.497 e. The zero-order chi connectivity index (χ0) is 15.1. The fourth-order valence-electron chi connectivity index (χ4n) is 2.03. The summed E-state index contributed by atoms with van der Waals surface area (Å²) in [4.78, 5) is 13.2. The Morgan fingerprint density at radius 3 is 2.62 bits per heavy atom. The molecule has 1 unspecified atom stereocenters. The second-order valence-electron chi connectivity index (χ2n) is 4.63. The van der Waals surface area contributed by atoms with Crippen molar-refractivity contribution in [1.82, 2.24) is 5.32 Å². The quantitative estimate of drug-likeness (QED) is 0.824. The molecule has 0 aliphatic carbocycles. The highest BCUT2D eigenvalue weighted by Crippen LogP contribution is 2.21. The summed E-state index contributed by atoms with van der Waals surface area (Å²) in [6, 6.07) is 11.6. The van der Waals surface area contributed by atoms with Gasteiger partial charge in [0.1, 0.15) is 5.75 Å². The van der Waals surface area contributed by atoms with Crippen LogP contribution in [-0.4, -0.2) is 19.6 Å². The summed E-state index contributed by atoms with van der Waals surface area (Å²) in [6.45, 7) is 2.40. The molecule has 0 fully saturated rings. The number of benzene rings is 1. The van der Waals surface area contributed by atoms with Crippen molar-refractivity contribution >= 4 is 22.9 Å². The van der Waals surface area contributed by atoms with E-state index in [4.69, 9.17) is 4.74 Å². The monoisotopic (exact) mass is 304 g/mol. The summed E-state index contributed by atoms with van der Waals surface area (Å²) in [7, 11) is 1.62. The SMILES string of the molecule is CCC(NCC(=O)Nc1ccc(OC)cc1)c1cccs1. The van der Waals surface area contributed by atoms with Crippen molar-refractivity contribution in [3.05, 3.63) is 46.7 Å². The van der Waals surface area contributed by atoms with Crippen LogP contribution >= 0.6 is 11.3 Å². The number of nitrogens with one attached hydrogen (secondary N) is 2. The lowest BCUT2D eigenvalue weighted by Gasteiger charge is -2.15. The third kappa shape index (κ3) is 4.58. The molecule has 0 radical (unpaired) electrons. The van der Waals surface area contributed by atoms with Gasteiger partial charge in [-0.3, -0.25) is 4.79 Å². The van der Waals surface area contributed by atoms with E-state index < -0.39 is 0 Å². The van der Waals surface area contributed by atoms with Crippen molar-refractivity contribution in [1.29, 1.82) is 0 Å². The second-order valence-corrected chi connectivity index (χ2v) is 5.61. The Morgan fingerprint density at radius 1 is 1.29 bits per heavy atom. The van der Waals surface area contributed by atoms with Gasteiger partial charge in [-0.15, -0.1) is 11.3 Å². The molecule has 112 valence electrons. The first-order valence-electron chi connectivity index (χ1n) is 6.93. The number of carbonyl (C=O) groups excluding carboxylic acids is 1. The van der Waals surface area contributed by atoms with Gasteiger partial charge in [0.25, 0.3) is 0 Å². The van der Waals surface area contributed by atoms with Crippen LogP contribution in [0, 0.1) is 0 Å². The summed E-state index contributed by atoms with van der Waals surface area (Å²) < 4.78 is 5.09. The first-order chi connectivity index (χ1) is 10.2. The van der Waals surface area contributed by atoms with Crippen molar-refractivity contribution in [2.24, 2.45) is 0 Å². The van der Waals surface area contributed by atoms with Gasteiger partial charge < -0.3 is 15.4 Å². The Labute approximate surface area is 129 Å². The van der Waals surface area contributed by atoms with E-state index >= 15 is 0 Å². The number of hydrogen-bond acceptors (Lipinski definition) is 4. The lowest BCUT2D eigenvalue weighted by molar-refractivity contribution is -0.115. The number of amides is 1. The summed E-state index contributed by atoms with van der Waals surface area (Å²) in [5, 5.41) is 8.21. The van der Waals surface area contributed by atoms with Gasteiger partial charge in [0.2, 0.25) is 5.91 Å². The van der Waals surface area contributed by atoms with E-state index in [9.17, 15) is 4.79 Å². The van der Waals surface area contributed by atoms with E-state index in [0.29, 0.717) is 6.54 Å². The maximum Gasteiger partial charge on any atom is 0.238 e. The van der Waals surface area contributed by atoms with Crippen LogP contribution in [0.3, 0.4) is 0 Å². The van der Waals surface area contributed by atoms with Gasteiger partial charge in [-0.2, -0.15) is 0 Å². The smallest absolute Gasteiger partial charge is 0.238 e. The summed E-state index contributed by atoms with van der Waals surface area (Å²) >= 11 is 1.71. The summed E-state index contributed by atoms with van der Waals surface area (Å²) in [6.07, 6.45) is 0.955. The summed E-state index contributed by atoms with van der Waals surface area (Å²) in [5.74, 6) is 0.727. The molecular weight excluding hydrogens is 284 g/mol. The molecule has 4 nitrogen and oxygen atoms in total. The van der Waals surface area contributed by atoms with E-state index in [2.05, 4.69) is 29.0 Å². The van der Waals surface area contributed by atoms with Crippen molar-refractivity contribution in [2.75, 3.05) is 19.0 Å². The summed E-state index contributed by atoms with van der Waals surface area (Å²) in [5.41, 5.74) is 0.770. The lowest BCUT2D eigenvalue weighted by Crippen LogP contribution is -2.30. The molecule has 1 aromatic carbocycles. The topological polar surface area (TPSA) is 50.4 Å². The minimum absolute atomic E-state index is 0.0461. The van der Waals surface area contributed by atoms with Crippen molar-refractivity contribution in [2.45, 2.75) is 19.4 Å². The maximum atomic E-state index is 12.0. The highest BCUT2D eigenvalue weighted by atomic mass is 32.1. The number of carbonyl (C=O) groups is 1. The Bertz CT molecular complexity index is 552. The van der Waals surface area contributed by atoms with Crippen LogP contribution in [0.25, 0.3) is 0 Å². The number of anilines is 1. The molecule has 0 aliphatic heterocycles. The lowest BCUT2D eigenvalue weighted by atomic mass is 10.2. The number of ether oxygens (including phenoxy) is 1. The van der Waals surface area contributed by atoms with E-state index in [1.165, 1.54) is 4.88 Å². The molecule has 21 heavy (non-hydrogen) atoms. The molecule has 0 saturated carbocycles. The standard InChI is InChI=1S/C16H20N2O2S/c1-3-14(15-5-4-10-21-15)17-11-16(19)18-12-6-8-13(20-2)9-7-12/h4-10,14,17H,3,11H2,1-2H3,(H,18,19). The van der Waals surface area contributed by atoms with Crippen molar-refractivity contribution < 1.29 is 9.53 Å². The van der Waals surface area contributed by atoms with Crippen LogP contribution < -0.4 is 15.4 Å². The molecule has 1 aromatic heterocycles. The molecule has 2 aromatic rings. The molecule has 0 aliphatic rings. The Hall–Kier alpha value is -1.85. The van der Waals surface area contributed by atoms with Gasteiger partial charge in [-0.05, 0) is 42.1 Å². The minimum Gasteiger partial charge on any atom is -0.497 e. The first kappa shape index (κ1) is 15.5. The van der Waals surface area contributed by atoms with E-state index in [0.717, 1.165) is 17.9 Å². The van der Waals surface area contributed by atoms with E-state index in [1.54, 1.807) is 18.4 Å². The van der Waals surface area contributed by atoms with E-state index in [1.807, 2.05) is 30.3 Å². The molecular formula is C16H20N2O2S. The number of methoxy groups -OCH3 is 1. The van der Waals surface area contributed by atoms with Crippen LogP contribution in [-0.2, 0) is 4.79 Å². The Balaban J connectivity index is 1.83. The average Bonchev–Trinajstić information content (AvgIpc) is 3.03. The number of hydrogen-bond donors (Lipinski definition) is 2. The van der Waals surface area contributed by atoms with Crippen LogP contribution in [0.2, 0.25) is 0 Å². The molecule has 5 heteroatoms. The normalized spacial score (nSPS) is 11.9. The van der Waals surface area contributed by atoms with Gasteiger partial charge in [0.05, 0.1) is 13.7 Å². The van der Waals surface area contributed by atoms with Gasteiger partial charge >= 0.3 is 0 Å². The van der Waals surface area contributed by atoms with Gasteiger partial charge in [-0.1, -0.05) is 13.0 Å². The van der Waals surface area contributed by atoms with Crippen LogP contribution in [0.1, 0.15) is 24.3 Å². The van der Waals surface area contributed by atoms with Gasteiger partial charge in [0.15, 0.2) is 0 Å². The highest BCUT2D eigenvalue weighted by Gasteiger charge is 2.11. The third-order valence-corrected chi connectivity index (χ3v) is 4.16. The van der Waals surface area contributed by atoms with Crippen LogP contribution in [0.15, 0.2) is 41.8 Å². The Morgan fingerprint density at radius 2 is 2.05 bits per heavy atom. The van der Waals surface area contributed by atoms with Crippen LogP contribution in [0.4, 0.5) is 5.69 Å². The molecule has 2 N–H and O–H groups in total. The first-order valence-corrected chi connectivity index (χ1v) is 7.81. The fraction of sp³-hybridized carbons (Fsp3) is 0.312. The molecule has 1 atom stereocenters. The zero-order valence-corrected chi connectivity index (χ0v) is 13.1. The minimum atomic E-state index is -0.0461. The molecule has 1 heterocycles. The fourth-order valence-corrected chi connectivity index (χ4v) is 2.92. The molecule has 0 spiro atoms. The average molecular weight is 304 g/mol. The zero-order valence-electron chi connectivity index (χ0n) is 12.3. The number of thiophene rings is 1. The van der Waals surface area contributed by atoms with Crippen LogP contribution in [0.5, 0.6) is 5.75 Å². The highest BCUT2D eigenvalue weighted by molar-refractivity contribution is 7.10. The maximum absolute atomic E-state index is 12.0. The molecule has 0 saturated heterocycles. The van der Waals surface area contributed by atoms with Crippen molar-refractivity contribution in [3.63, 3.8) is 0 Å². The molecule has 0 bridgehead atoms. The predicted octanol–water partition coefficient (Wildman–Crippen LogP) is 3.44. The second kappa shape index (κ2) is 7.81. The molecule has 1 amide bonds. The van der Waals surface area contributed by atoms with Gasteiger partial charge in [-0.25, -0.2) is 0 Å². The predicted molar refractivity (Wildman–Crippen MR) is 87.0 cm³/mol. The van der Waals surface area contributed by atoms with Gasteiger partial charge in [0, 0.05) is 16.6 Å². The molecule has 2 rings (SSSR count). The van der Waals surface area contributed by atoms with E-state index in [-0.39, 0.29) is 11.9 Å².